The van der Waals surface area contributed by atoms with Gasteiger partial charge in [-0.2, -0.15) is 0 Å². The normalized spacial score (nSPS) is 17.3. The lowest BCUT2D eigenvalue weighted by molar-refractivity contribution is 0.236. The number of nitrogens with one attached hydrogen (secondary N) is 1. The van der Waals surface area contributed by atoms with Crippen molar-refractivity contribution in [3.8, 4) is 5.75 Å². The maximum Gasteiger partial charge on any atom is 0.335 e. The largest absolute Gasteiger partial charge is 0.495 e. The second-order valence-corrected chi connectivity index (χ2v) is 5.26. The van der Waals surface area contributed by atoms with Crippen LogP contribution in [0.15, 0.2) is 23.1 Å². The summed E-state index contributed by atoms with van der Waals surface area (Å²) in [7, 11) is -2.36. The molecule has 0 spiro atoms. The average molecular weight is 256 g/mol. The molecule has 0 unspecified atom stereocenters. The molecule has 7 heteroatoms. The molecule has 0 atom stereocenters. The second-order valence-electron chi connectivity index (χ2n) is 3.43. The summed E-state index contributed by atoms with van der Waals surface area (Å²) >= 11 is 0. The van der Waals surface area contributed by atoms with Gasteiger partial charge < -0.3 is 10.1 Å². The van der Waals surface area contributed by atoms with Gasteiger partial charge in [0.25, 0.3) is 10.0 Å². The first kappa shape index (κ1) is 11.7. The number of rotatable bonds is 2. The van der Waals surface area contributed by atoms with Crippen LogP contribution in [-0.4, -0.2) is 32.4 Å². The monoisotopic (exact) mass is 256 g/mol. The number of ether oxygens (including phenoxy) is 1. The highest BCUT2D eigenvalue weighted by Gasteiger charge is 2.36. The van der Waals surface area contributed by atoms with Crippen molar-refractivity contribution in [1.29, 1.82) is 0 Å². The second kappa shape index (κ2) is 3.92. The third kappa shape index (κ3) is 1.62. The molecular weight excluding hydrogens is 244 g/mol. The minimum atomic E-state index is -3.77. The van der Waals surface area contributed by atoms with Gasteiger partial charge in [0, 0.05) is 6.54 Å². The average Bonchev–Trinajstić information content (AvgIpc) is 2.28. The van der Waals surface area contributed by atoms with E-state index in [2.05, 4.69) is 5.32 Å². The number of para-hydroxylation sites is 1. The fourth-order valence-corrected chi connectivity index (χ4v) is 3.23. The highest BCUT2D eigenvalue weighted by molar-refractivity contribution is 7.90. The van der Waals surface area contributed by atoms with Gasteiger partial charge in [-0.05, 0) is 19.1 Å². The van der Waals surface area contributed by atoms with Crippen molar-refractivity contribution in [2.24, 2.45) is 0 Å². The smallest absolute Gasteiger partial charge is 0.335 e. The number of amides is 2. The molecule has 1 aliphatic heterocycles. The number of urea groups is 1. The van der Waals surface area contributed by atoms with Crippen LogP contribution in [-0.2, 0) is 10.0 Å². The Bertz CT molecular complexity index is 568. The molecule has 92 valence electrons. The lowest BCUT2D eigenvalue weighted by Gasteiger charge is -2.28. The summed E-state index contributed by atoms with van der Waals surface area (Å²) in [5.41, 5.74) is 0.199. The molecule has 1 heterocycles. The summed E-state index contributed by atoms with van der Waals surface area (Å²) in [5, 5.41) is 2.52. The van der Waals surface area contributed by atoms with Crippen LogP contribution in [0.1, 0.15) is 6.92 Å². The van der Waals surface area contributed by atoms with Crippen molar-refractivity contribution in [3.05, 3.63) is 18.2 Å². The molecule has 17 heavy (non-hydrogen) atoms. The van der Waals surface area contributed by atoms with Crippen LogP contribution in [0.2, 0.25) is 0 Å². The molecule has 1 aromatic rings. The van der Waals surface area contributed by atoms with Crippen LogP contribution in [0, 0.1) is 0 Å². The first-order chi connectivity index (χ1) is 8.02. The number of methoxy groups -OCH3 is 1. The van der Waals surface area contributed by atoms with Crippen molar-refractivity contribution < 1.29 is 17.9 Å². The Kier molecular flexibility index (Phi) is 2.70. The first-order valence-electron chi connectivity index (χ1n) is 5.03. The van der Waals surface area contributed by atoms with Gasteiger partial charge in [-0.1, -0.05) is 6.07 Å². The lowest BCUT2D eigenvalue weighted by atomic mass is 10.3. The molecule has 1 aliphatic rings. The minimum Gasteiger partial charge on any atom is -0.495 e. The Morgan fingerprint density at radius 2 is 2.12 bits per heavy atom. The van der Waals surface area contributed by atoms with Gasteiger partial charge in [0.05, 0.1) is 7.11 Å². The number of hydrogen-bond acceptors (Lipinski definition) is 4. The molecule has 0 fully saturated rings. The van der Waals surface area contributed by atoms with Crippen LogP contribution in [0.5, 0.6) is 5.75 Å². The van der Waals surface area contributed by atoms with Crippen molar-refractivity contribution in [3.63, 3.8) is 0 Å². The molecular formula is C10H12N2O4S. The molecule has 0 bridgehead atoms. The van der Waals surface area contributed by atoms with Gasteiger partial charge >= 0.3 is 6.03 Å². The number of benzene rings is 1. The van der Waals surface area contributed by atoms with E-state index in [0.29, 0.717) is 5.75 Å². The summed E-state index contributed by atoms with van der Waals surface area (Å²) in [6.07, 6.45) is 0. The fourth-order valence-electron chi connectivity index (χ4n) is 1.73. The number of nitrogens with zero attached hydrogens (tertiary/aromatic N) is 1. The van der Waals surface area contributed by atoms with Crippen molar-refractivity contribution >= 4 is 21.7 Å². The molecule has 1 aromatic carbocycles. The first-order valence-corrected chi connectivity index (χ1v) is 6.47. The topological polar surface area (TPSA) is 75.7 Å². The summed E-state index contributed by atoms with van der Waals surface area (Å²) in [5.74, 6) is 0.329. The SMILES string of the molecule is CCN1C(=O)Nc2c(OC)cccc2S1(=O)=O. The van der Waals surface area contributed by atoms with Crippen molar-refractivity contribution in [2.75, 3.05) is 19.0 Å². The van der Waals surface area contributed by atoms with E-state index < -0.39 is 16.1 Å². The van der Waals surface area contributed by atoms with E-state index in [1.165, 1.54) is 13.2 Å². The molecule has 6 nitrogen and oxygen atoms in total. The predicted octanol–water partition coefficient (Wildman–Crippen LogP) is 1.25. The van der Waals surface area contributed by atoms with Crippen LogP contribution < -0.4 is 10.1 Å². The van der Waals surface area contributed by atoms with Crippen LogP contribution in [0.3, 0.4) is 0 Å². The van der Waals surface area contributed by atoms with E-state index in [-0.39, 0.29) is 17.1 Å². The Balaban J connectivity index is 2.70. The molecule has 2 amide bonds. The number of fused-ring (bicyclic) bond motifs is 1. The highest BCUT2D eigenvalue weighted by atomic mass is 32.2. The predicted molar refractivity (Wildman–Crippen MR) is 61.6 cm³/mol. The number of anilines is 1. The maximum atomic E-state index is 12.1. The summed E-state index contributed by atoms with van der Waals surface area (Å²) in [4.78, 5) is 11.7. The molecule has 2 rings (SSSR count). The van der Waals surface area contributed by atoms with Crippen molar-refractivity contribution in [2.45, 2.75) is 11.8 Å². The number of sulfonamides is 1. The quantitative estimate of drug-likeness (QED) is 0.864. The number of carbonyl (C=O) groups is 1. The standard InChI is InChI=1S/C10H12N2O4S/c1-3-12-10(13)11-9-7(16-2)5-4-6-8(9)17(12,14)15/h4-6H,3H2,1-2H3,(H,11,13). The summed E-state index contributed by atoms with van der Waals surface area (Å²) in [6.45, 7) is 1.69. The van der Waals surface area contributed by atoms with Crippen LogP contribution in [0.4, 0.5) is 10.5 Å². The summed E-state index contributed by atoms with van der Waals surface area (Å²) in [6, 6.07) is 3.94. The Morgan fingerprint density at radius 3 is 2.71 bits per heavy atom. The van der Waals surface area contributed by atoms with E-state index in [1.54, 1.807) is 19.1 Å². The zero-order chi connectivity index (χ0) is 12.6. The van der Waals surface area contributed by atoms with Gasteiger partial charge in [-0.3, -0.25) is 0 Å². The van der Waals surface area contributed by atoms with Crippen LogP contribution in [0.25, 0.3) is 0 Å². The van der Waals surface area contributed by atoms with E-state index in [0.717, 1.165) is 4.31 Å². The zero-order valence-corrected chi connectivity index (χ0v) is 10.2. The van der Waals surface area contributed by atoms with Gasteiger partial charge in [0.15, 0.2) is 0 Å². The Labute approximate surface area is 99.2 Å². The van der Waals surface area contributed by atoms with Gasteiger partial charge in [0.2, 0.25) is 0 Å². The molecule has 0 aliphatic carbocycles. The molecule has 0 radical (unpaired) electrons. The van der Waals surface area contributed by atoms with E-state index in [1.807, 2.05) is 0 Å². The number of carbonyl (C=O) groups excluding carboxylic acids is 1. The molecule has 0 saturated heterocycles. The molecule has 1 N–H and O–H groups in total. The summed E-state index contributed by atoms with van der Waals surface area (Å²) < 4.78 is 30.1. The molecule has 0 aromatic heterocycles. The Hall–Kier alpha value is -1.76. The lowest BCUT2D eigenvalue weighted by Crippen LogP contribution is -2.43. The Morgan fingerprint density at radius 1 is 1.41 bits per heavy atom. The van der Waals surface area contributed by atoms with Gasteiger partial charge in [0.1, 0.15) is 16.3 Å². The number of hydrogen-bond donors (Lipinski definition) is 1. The third-order valence-corrected chi connectivity index (χ3v) is 4.42. The van der Waals surface area contributed by atoms with E-state index >= 15 is 0 Å². The molecule has 0 saturated carbocycles. The van der Waals surface area contributed by atoms with Crippen LogP contribution >= 0.6 is 0 Å². The maximum absolute atomic E-state index is 12.1. The minimum absolute atomic E-state index is 0.0540. The van der Waals surface area contributed by atoms with E-state index in [9.17, 15) is 13.2 Å². The van der Waals surface area contributed by atoms with E-state index in [4.69, 9.17) is 4.74 Å². The highest BCUT2D eigenvalue weighted by Crippen LogP contribution is 2.36. The zero-order valence-electron chi connectivity index (χ0n) is 9.43. The van der Waals surface area contributed by atoms with Gasteiger partial charge in [-0.15, -0.1) is 0 Å². The fraction of sp³-hybridized carbons (Fsp3) is 0.300. The van der Waals surface area contributed by atoms with Crippen molar-refractivity contribution in [1.82, 2.24) is 4.31 Å². The third-order valence-electron chi connectivity index (χ3n) is 2.52. The van der Waals surface area contributed by atoms with Gasteiger partial charge in [-0.25, -0.2) is 17.5 Å².